The second-order valence-electron chi connectivity index (χ2n) is 8.30. The molecule has 34 heavy (non-hydrogen) atoms. The van der Waals surface area contributed by atoms with Crippen LogP contribution in [0.3, 0.4) is 0 Å². The van der Waals surface area contributed by atoms with Crippen LogP contribution in [0.4, 0.5) is 0 Å². The van der Waals surface area contributed by atoms with Crippen LogP contribution in [0, 0.1) is 13.8 Å². The summed E-state index contributed by atoms with van der Waals surface area (Å²) in [6.07, 6.45) is 4.69. The predicted molar refractivity (Wildman–Crippen MR) is 134 cm³/mol. The summed E-state index contributed by atoms with van der Waals surface area (Å²) in [7, 11) is 0. The number of hydrogen-bond acceptors (Lipinski definition) is 6. The van der Waals surface area contributed by atoms with Crippen LogP contribution < -0.4 is 13.6 Å². The van der Waals surface area contributed by atoms with Crippen molar-refractivity contribution >= 4 is 28.5 Å². The van der Waals surface area contributed by atoms with Crippen molar-refractivity contribution in [2.24, 2.45) is 0 Å². The zero-order valence-electron chi connectivity index (χ0n) is 20.2. The van der Waals surface area contributed by atoms with E-state index in [0.29, 0.717) is 47.8 Å². The maximum atomic E-state index is 12.6. The summed E-state index contributed by atoms with van der Waals surface area (Å²) in [6.45, 7) is 9.89. The van der Waals surface area contributed by atoms with E-state index >= 15 is 0 Å². The van der Waals surface area contributed by atoms with Crippen LogP contribution in [0.1, 0.15) is 62.5 Å². The quantitative estimate of drug-likeness (QED) is 0.288. The first-order chi connectivity index (χ1) is 16.4. The lowest BCUT2D eigenvalue weighted by molar-refractivity contribution is 0.0966. The van der Waals surface area contributed by atoms with Gasteiger partial charge in [0.05, 0.1) is 12.3 Å². The minimum Gasteiger partial charge on any atom is -0.487 e. The fraction of sp³-hybridized carbons (Fsp3) is 0.565. The molecule has 2 N–H and O–H groups in total. The first kappa shape index (κ1) is 26.5. The molecular formula is C23H34ClN5O4S. The zero-order chi connectivity index (χ0) is 24.5. The third kappa shape index (κ3) is 7.43. The van der Waals surface area contributed by atoms with Gasteiger partial charge in [0.15, 0.2) is 23.0 Å². The number of fused-ring (bicyclic) bond motifs is 1. The van der Waals surface area contributed by atoms with Crippen LogP contribution in [-0.2, 0) is 16.0 Å². The third-order valence-corrected chi connectivity index (χ3v) is 6.45. The summed E-state index contributed by atoms with van der Waals surface area (Å²) in [5, 5.41) is 7.98. The SMILES string of the molecule is CCCCCCOCCOc1ccc(C)cc1OS(=O)NCC(C)c1nc2c(Cl)c(C)[nH]n2n1. The molecule has 3 rings (SSSR count). The number of unbranched alkanes of at least 4 members (excludes halogenated alkanes) is 3. The number of hydrogen-bond donors (Lipinski definition) is 2. The highest BCUT2D eigenvalue weighted by Gasteiger charge is 2.18. The van der Waals surface area contributed by atoms with E-state index < -0.39 is 11.3 Å². The number of rotatable bonds is 15. The largest absolute Gasteiger partial charge is 0.487 e. The number of H-pyrrole nitrogens is 1. The van der Waals surface area contributed by atoms with E-state index in [1.165, 1.54) is 19.3 Å². The van der Waals surface area contributed by atoms with Crippen LogP contribution in [0.2, 0.25) is 5.02 Å². The van der Waals surface area contributed by atoms with Crippen molar-refractivity contribution in [2.75, 3.05) is 26.4 Å². The van der Waals surface area contributed by atoms with E-state index in [0.717, 1.165) is 24.3 Å². The Labute approximate surface area is 208 Å². The average molecular weight is 512 g/mol. The van der Waals surface area contributed by atoms with E-state index in [2.05, 4.69) is 26.8 Å². The molecule has 2 aromatic heterocycles. The molecule has 2 heterocycles. The molecule has 0 aliphatic rings. The second kappa shape index (κ2) is 13.1. The van der Waals surface area contributed by atoms with Gasteiger partial charge in [0, 0.05) is 19.1 Å². The van der Waals surface area contributed by atoms with Crippen molar-refractivity contribution in [1.29, 1.82) is 0 Å². The van der Waals surface area contributed by atoms with Crippen molar-refractivity contribution in [3.8, 4) is 11.5 Å². The van der Waals surface area contributed by atoms with E-state index in [-0.39, 0.29) is 5.92 Å². The van der Waals surface area contributed by atoms with Gasteiger partial charge in [-0.2, -0.15) is 8.84 Å². The number of aromatic nitrogens is 4. The van der Waals surface area contributed by atoms with Gasteiger partial charge in [-0.1, -0.05) is 50.8 Å². The fourth-order valence-electron chi connectivity index (χ4n) is 3.27. The molecule has 1 aromatic carbocycles. The molecule has 0 spiro atoms. The highest BCUT2D eigenvalue weighted by molar-refractivity contribution is 7.78. The molecule has 188 valence electrons. The Kier molecular flexibility index (Phi) is 10.2. The van der Waals surface area contributed by atoms with Crippen molar-refractivity contribution in [2.45, 2.75) is 59.3 Å². The summed E-state index contributed by atoms with van der Waals surface area (Å²) in [4.78, 5) is 4.47. The number of benzene rings is 1. The van der Waals surface area contributed by atoms with Gasteiger partial charge in [0.2, 0.25) is 0 Å². The molecule has 0 fully saturated rings. The molecule has 0 amide bonds. The lowest BCUT2D eigenvalue weighted by atomic mass is 10.2. The highest BCUT2D eigenvalue weighted by Crippen LogP contribution is 2.29. The summed E-state index contributed by atoms with van der Waals surface area (Å²) in [5.74, 6) is 1.42. The van der Waals surface area contributed by atoms with Crippen molar-refractivity contribution in [1.82, 2.24) is 24.5 Å². The molecular weight excluding hydrogens is 478 g/mol. The average Bonchev–Trinajstić information content (AvgIpc) is 3.34. The van der Waals surface area contributed by atoms with Crippen molar-refractivity contribution < 1.29 is 17.9 Å². The summed E-state index contributed by atoms with van der Waals surface area (Å²) in [5.41, 5.74) is 2.35. The second-order valence-corrected chi connectivity index (χ2v) is 9.60. The Morgan fingerprint density at radius 1 is 1.18 bits per heavy atom. The topological polar surface area (TPSA) is 103 Å². The van der Waals surface area contributed by atoms with E-state index in [9.17, 15) is 4.21 Å². The number of ether oxygens (including phenoxy) is 2. The summed E-state index contributed by atoms with van der Waals surface area (Å²) >= 11 is 4.45. The molecule has 0 aliphatic heterocycles. The zero-order valence-corrected chi connectivity index (χ0v) is 21.8. The van der Waals surface area contributed by atoms with Gasteiger partial charge in [-0.05, 0) is 38.0 Å². The Balaban J connectivity index is 1.47. The van der Waals surface area contributed by atoms with Crippen LogP contribution in [-0.4, -0.2) is 50.4 Å². The molecule has 0 aliphatic carbocycles. The van der Waals surface area contributed by atoms with Gasteiger partial charge < -0.3 is 13.7 Å². The molecule has 0 radical (unpaired) electrons. The minimum absolute atomic E-state index is 0.111. The Hall–Kier alpha value is -2.14. The minimum atomic E-state index is -1.77. The van der Waals surface area contributed by atoms with Crippen LogP contribution in [0.15, 0.2) is 18.2 Å². The van der Waals surface area contributed by atoms with Gasteiger partial charge >= 0.3 is 0 Å². The standard InChI is InChI=1S/C23H34ClN5O4S/c1-5-6-7-8-11-31-12-13-32-19-10-9-16(2)14-20(19)33-34(30)25-15-17(3)22-26-23-21(24)18(4)27-29(23)28-22/h9-10,14,17,25,27H,5-8,11-13,15H2,1-4H3. The molecule has 0 saturated carbocycles. The smallest absolute Gasteiger partial charge is 0.288 e. The third-order valence-electron chi connectivity index (χ3n) is 5.26. The van der Waals surface area contributed by atoms with Gasteiger partial charge in [0.1, 0.15) is 11.6 Å². The maximum absolute atomic E-state index is 12.6. The van der Waals surface area contributed by atoms with Gasteiger partial charge in [-0.3, -0.25) is 5.10 Å². The van der Waals surface area contributed by atoms with Crippen molar-refractivity contribution in [3.05, 3.63) is 40.3 Å². The molecule has 3 aromatic rings. The number of nitrogens with zero attached hydrogens (tertiary/aromatic N) is 3. The first-order valence-corrected chi connectivity index (χ1v) is 13.1. The van der Waals surface area contributed by atoms with Crippen molar-refractivity contribution in [3.63, 3.8) is 0 Å². The van der Waals surface area contributed by atoms with Crippen LogP contribution >= 0.6 is 11.6 Å². The van der Waals surface area contributed by atoms with Gasteiger partial charge in [-0.15, -0.1) is 5.10 Å². The number of nitrogens with one attached hydrogen (secondary N) is 2. The maximum Gasteiger partial charge on any atom is 0.288 e. The van der Waals surface area contributed by atoms with E-state index in [1.54, 1.807) is 10.7 Å². The van der Waals surface area contributed by atoms with Gasteiger partial charge in [-0.25, -0.2) is 9.71 Å². The lowest BCUT2D eigenvalue weighted by Crippen LogP contribution is -2.26. The fourth-order valence-corrected chi connectivity index (χ4v) is 4.17. The van der Waals surface area contributed by atoms with Crippen LogP contribution in [0.5, 0.6) is 11.5 Å². The normalized spacial score (nSPS) is 13.3. The first-order valence-electron chi connectivity index (χ1n) is 11.6. The van der Waals surface area contributed by atoms with E-state index in [4.69, 9.17) is 25.3 Å². The molecule has 2 unspecified atom stereocenters. The molecule has 9 nitrogen and oxygen atoms in total. The van der Waals surface area contributed by atoms with Crippen LogP contribution in [0.25, 0.3) is 5.65 Å². The Morgan fingerprint density at radius 2 is 2.00 bits per heavy atom. The van der Waals surface area contributed by atoms with E-state index in [1.807, 2.05) is 32.9 Å². The monoisotopic (exact) mass is 511 g/mol. The summed E-state index contributed by atoms with van der Waals surface area (Å²) < 4.78 is 34.0. The predicted octanol–water partition coefficient (Wildman–Crippen LogP) is 4.65. The lowest BCUT2D eigenvalue weighted by Gasteiger charge is -2.14. The summed E-state index contributed by atoms with van der Waals surface area (Å²) in [6, 6.07) is 5.54. The molecule has 0 saturated heterocycles. The Bertz CT molecular complexity index is 1090. The molecule has 2 atom stereocenters. The number of aryl methyl sites for hydroxylation is 2. The Morgan fingerprint density at radius 3 is 2.76 bits per heavy atom. The highest BCUT2D eigenvalue weighted by atomic mass is 35.5. The molecule has 0 bridgehead atoms. The number of aromatic amines is 1. The molecule has 11 heteroatoms. The van der Waals surface area contributed by atoms with Gasteiger partial charge in [0.25, 0.3) is 11.3 Å². The number of halogens is 1.